The molecule has 0 aliphatic carbocycles. The Hall–Kier alpha value is -6.48. The highest BCUT2D eigenvalue weighted by Gasteiger charge is 2.34. The predicted octanol–water partition coefficient (Wildman–Crippen LogP) is 5.92. The molecule has 4 atom stereocenters. The molecule has 334 valence electrons. The fourth-order valence-electron chi connectivity index (χ4n) is 7.91. The van der Waals surface area contributed by atoms with E-state index in [2.05, 4.69) is 31.2 Å². The van der Waals surface area contributed by atoms with Crippen LogP contribution in [-0.4, -0.2) is 73.1 Å². The molecule has 0 spiro atoms. The van der Waals surface area contributed by atoms with Crippen molar-refractivity contribution in [3.8, 4) is 5.75 Å². The van der Waals surface area contributed by atoms with E-state index < -0.39 is 41.5 Å². The second kappa shape index (κ2) is 20.1. The lowest BCUT2D eigenvalue weighted by Gasteiger charge is -2.28. The number of nitrogens with zero attached hydrogens (tertiary/aromatic N) is 3. The molecule has 6 rings (SSSR count). The van der Waals surface area contributed by atoms with Gasteiger partial charge in [-0.05, 0) is 79.5 Å². The molecular weight excluding hydrogens is 797 g/mol. The molecule has 63 heavy (non-hydrogen) atoms. The van der Waals surface area contributed by atoms with Gasteiger partial charge >= 0.3 is 0 Å². The van der Waals surface area contributed by atoms with Gasteiger partial charge in [-0.2, -0.15) is 0 Å². The summed E-state index contributed by atoms with van der Waals surface area (Å²) in [6.45, 7) is 12.9. The molecule has 3 aromatic carbocycles. The Kier molecular flexibility index (Phi) is 14.7. The third kappa shape index (κ3) is 11.7. The van der Waals surface area contributed by atoms with Crippen molar-refractivity contribution in [3.63, 3.8) is 0 Å². The molecule has 8 N–H and O–H groups in total. The molecular formula is C48H62N10O5. The van der Waals surface area contributed by atoms with Crippen molar-refractivity contribution in [2.75, 3.05) is 7.11 Å². The fourth-order valence-corrected chi connectivity index (χ4v) is 7.91. The zero-order chi connectivity index (χ0) is 45.4. The highest BCUT2D eigenvalue weighted by molar-refractivity contribution is 5.92. The van der Waals surface area contributed by atoms with E-state index in [1.807, 2.05) is 117 Å². The topological polar surface area (TPSA) is 214 Å². The number of methoxy groups -OCH3 is 1. The summed E-state index contributed by atoms with van der Waals surface area (Å²) in [7, 11) is 1.61. The van der Waals surface area contributed by atoms with Gasteiger partial charge in [0, 0.05) is 54.0 Å². The maximum atomic E-state index is 14.8. The number of aromatic amines is 2. The number of nitrogens with one attached hydrogen (secondary N) is 6. The van der Waals surface area contributed by atoms with Crippen molar-refractivity contribution in [2.24, 2.45) is 17.6 Å². The molecule has 0 saturated heterocycles. The van der Waals surface area contributed by atoms with Crippen LogP contribution in [0.3, 0.4) is 0 Å². The van der Waals surface area contributed by atoms with Crippen LogP contribution < -0.4 is 31.7 Å². The molecule has 0 radical (unpaired) electrons. The summed E-state index contributed by atoms with van der Waals surface area (Å²) in [5.41, 5.74) is 9.83. The number of benzene rings is 3. The lowest BCUT2D eigenvalue weighted by atomic mass is 9.99. The van der Waals surface area contributed by atoms with Crippen molar-refractivity contribution in [1.29, 1.82) is 0 Å². The first-order chi connectivity index (χ1) is 30.0. The number of hydrogen-bond donors (Lipinski definition) is 7. The summed E-state index contributed by atoms with van der Waals surface area (Å²) >= 11 is 0. The maximum absolute atomic E-state index is 14.8. The highest BCUT2D eigenvalue weighted by atomic mass is 16.5. The van der Waals surface area contributed by atoms with Gasteiger partial charge in [0.1, 0.15) is 17.8 Å². The van der Waals surface area contributed by atoms with E-state index in [-0.39, 0.29) is 30.2 Å². The number of H-pyrrole nitrogens is 2. The molecule has 0 saturated carbocycles. The van der Waals surface area contributed by atoms with Crippen LogP contribution in [0.1, 0.15) is 102 Å². The second-order valence-corrected chi connectivity index (χ2v) is 17.9. The molecule has 3 aromatic heterocycles. The van der Waals surface area contributed by atoms with E-state index >= 15 is 0 Å². The largest absolute Gasteiger partial charge is 0.497 e. The summed E-state index contributed by atoms with van der Waals surface area (Å²) in [6, 6.07) is 20.3. The normalized spacial score (nSPS) is 13.8. The number of aromatic nitrogens is 5. The number of nitrogens with two attached hydrogens (primary N) is 1. The van der Waals surface area contributed by atoms with Crippen LogP contribution in [0, 0.1) is 11.8 Å². The van der Waals surface area contributed by atoms with Crippen LogP contribution >= 0.6 is 0 Å². The van der Waals surface area contributed by atoms with Gasteiger partial charge in [-0.15, -0.1) is 10.2 Å². The van der Waals surface area contributed by atoms with Crippen LogP contribution in [0.25, 0.3) is 21.8 Å². The zero-order valence-electron chi connectivity index (χ0n) is 37.5. The third-order valence-electron chi connectivity index (χ3n) is 11.1. The summed E-state index contributed by atoms with van der Waals surface area (Å²) in [6.07, 6.45) is 5.25. The zero-order valence-corrected chi connectivity index (χ0v) is 37.5. The minimum Gasteiger partial charge on any atom is -0.497 e. The van der Waals surface area contributed by atoms with Crippen molar-refractivity contribution >= 4 is 45.4 Å². The van der Waals surface area contributed by atoms with Crippen molar-refractivity contribution in [2.45, 2.75) is 110 Å². The van der Waals surface area contributed by atoms with Crippen molar-refractivity contribution in [3.05, 3.63) is 114 Å². The smallest absolute Gasteiger partial charge is 0.243 e. The summed E-state index contributed by atoms with van der Waals surface area (Å²) in [5, 5.41) is 23.9. The Morgan fingerprint density at radius 3 is 1.65 bits per heavy atom. The van der Waals surface area contributed by atoms with Gasteiger partial charge in [-0.3, -0.25) is 19.2 Å². The van der Waals surface area contributed by atoms with Gasteiger partial charge in [0.25, 0.3) is 0 Å². The third-order valence-corrected chi connectivity index (χ3v) is 11.1. The van der Waals surface area contributed by atoms with Crippen molar-refractivity contribution < 1.29 is 23.9 Å². The number of fused-ring (bicyclic) bond motifs is 2. The van der Waals surface area contributed by atoms with Gasteiger partial charge in [-0.25, -0.2) is 0 Å². The van der Waals surface area contributed by atoms with E-state index in [0.29, 0.717) is 43.1 Å². The molecule has 0 bridgehead atoms. The predicted molar refractivity (Wildman–Crippen MR) is 245 cm³/mol. The van der Waals surface area contributed by atoms with Crippen LogP contribution in [0.2, 0.25) is 0 Å². The average Bonchev–Trinajstić information content (AvgIpc) is 3.96. The number of carbonyl (C=O) groups excluding carboxylic acids is 4. The van der Waals surface area contributed by atoms with E-state index in [1.165, 1.54) is 6.92 Å². The molecule has 15 heteroatoms. The van der Waals surface area contributed by atoms with Gasteiger partial charge in [0.2, 0.25) is 23.6 Å². The summed E-state index contributed by atoms with van der Waals surface area (Å²) in [5.74, 6) is 0.171. The summed E-state index contributed by atoms with van der Waals surface area (Å²) in [4.78, 5) is 61.2. The van der Waals surface area contributed by atoms with Gasteiger partial charge in [-0.1, -0.05) is 76.2 Å². The Bertz CT molecular complexity index is 2510. The minimum absolute atomic E-state index is 0.0310. The molecule has 0 aliphatic rings. The lowest BCUT2D eigenvalue weighted by molar-refractivity contribution is -0.132. The van der Waals surface area contributed by atoms with Crippen LogP contribution in [0.4, 0.5) is 0 Å². The van der Waals surface area contributed by atoms with Crippen molar-refractivity contribution in [1.82, 2.24) is 46.0 Å². The first-order valence-electron chi connectivity index (χ1n) is 21.6. The molecule has 15 nitrogen and oxygen atoms in total. The first-order valence-corrected chi connectivity index (χ1v) is 21.6. The second-order valence-electron chi connectivity index (χ2n) is 17.9. The van der Waals surface area contributed by atoms with Crippen LogP contribution in [-0.2, 0) is 38.6 Å². The maximum Gasteiger partial charge on any atom is 0.243 e. The average molecular weight is 859 g/mol. The number of carbonyl (C=O) groups is 4. The number of ether oxygens (including phenoxy) is 1. The van der Waals surface area contributed by atoms with E-state index in [0.717, 1.165) is 38.5 Å². The Labute approximate surface area is 368 Å². The lowest BCUT2D eigenvalue weighted by Crippen LogP contribution is -2.54. The molecule has 6 aromatic rings. The van der Waals surface area contributed by atoms with Gasteiger partial charge in [0.05, 0.1) is 31.3 Å². The Morgan fingerprint density at radius 2 is 1.17 bits per heavy atom. The molecule has 0 aliphatic heterocycles. The highest BCUT2D eigenvalue weighted by Crippen LogP contribution is 2.30. The Morgan fingerprint density at radius 1 is 0.698 bits per heavy atom. The van der Waals surface area contributed by atoms with Gasteiger partial charge < -0.3 is 46.3 Å². The molecule has 4 amide bonds. The minimum atomic E-state index is -1.21. The van der Waals surface area contributed by atoms with E-state index in [9.17, 15) is 19.2 Å². The fraction of sp³-hybridized carbons (Fsp3) is 0.417. The summed E-state index contributed by atoms with van der Waals surface area (Å²) < 4.78 is 7.42. The number of hydrogen-bond acceptors (Lipinski definition) is 8. The van der Waals surface area contributed by atoms with Crippen LogP contribution in [0.5, 0.6) is 5.75 Å². The molecule has 0 fully saturated rings. The quantitative estimate of drug-likeness (QED) is 0.0489. The first kappa shape index (κ1) is 46.0. The number of para-hydroxylation sites is 2. The number of amides is 4. The molecule has 3 heterocycles. The van der Waals surface area contributed by atoms with Crippen LogP contribution in [0.15, 0.2) is 85.2 Å². The Balaban J connectivity index is 1.47. The van der Waals surface area contributed by atoms with Gasteiger partial charge in [0.15, 0.2) is 11.6 Å². The monoisotopic (exact) mass is 858 g/mol. The number of rotatable bonds is 20. The SMILES string of the molecule is COc1ccc(Cn2c([C@@H](Cc3c[nH]c4ccccc34)NC(=O)[C@H](CC(C)C)NC(=O)[C@H](CC(C)C)NC(C)=O)nnc2[C@@H](Cc2c[nH]c3ccccc23)NC(=O)C(C)(C)N)cc1. The van der Waals surface area contributed by atoms with E-state index in [4.69, 9.17) is 20.7 Å². The standard InChI is InChI=1S/C48H62N10O5/c1-28(2)21-41(52-30(5)59)45(60)54-42(22-29(3)4)46(61)53-39(23-32-25-50-37-15-11-9-13-35(32)37)43-56-57-44(58(43)27-31-17-19-34(63-8)20-18-31)40(55-47(62)48(6,7)49)24-33-26-51-38-16-12-10-14-36(33)38/h9-20,25-26,28-29,39-42,50-51H,21-24,27,49H2,1-8H3,(H,52,59)(H,53,61)(H,54,60)(H,55,62)/t39-,40-,41+,42+/m1/s1. The molecule has 0 unspecified atom stereocenters. The van der Waals surface area contributed by atoms with E-state index in [1.54, 1.807) is 21.0 Å².